The summed E-state index contributed by atoms with van der Waals surface area (Å²) in [5, 5.41) is 14.4. The van der Waals surface area contributed by atoms with Crippen LogP contribution in [-0.4, -0.2) is 21.0 Å². The smallest absolute Gasteiger partial charge is 0.126 e. The molecule has 2 N–H and O–H groups in total. The molecule has 0 fully saturated rings. The molecule has 0 atom stereocenters. The third-order valence-corrected chi connectivity index (χ3v) is 1.97. The van der Waals surface area contributed by atoms with Gasteiger partial charge in [0.05, 0.1) is 17.1 Å². The van der Waals surface area contributed by atoms with Crippen LogP contribution in [0.3, 0.4) is 0 Å². The fourth-order valence-corrected chi connectivity index (χ4v) is 1.38. The van der Waals surface area contributed by atoms with Gasteiger partial charge in [0.2, 0.25) is 0 Å². The number of hydrogen-bond donors (Lipinski definition) is 2. The van der Waals surface area contributed by atoms with Gasteiger partial charge in [-0.2, -0.15) is 9.89 Å². The quantitative estimate of drug-likeness (QED) is 0.759. The summed E-state index contributed by atoms with van der Waals surface area (Å²) in [5.41, 5.74) is 4.04. The van der Waals surface area contributed by atoms with E-state index in [1.54, 1.807) is 23.1 Å². The largest absolute Gasteiger partial charge is 0.507 e. The van der Waals surface area contributed by atoms with E-state index in [0.29, 0.717) is 6.04 Å². The number of benzene rings is 1. The van der Waals surface area contributed by atoms with E-state index in [9.17, 15) is 5.11 Å². The molecule has 0 saturated heterocycles. The highest BCUT2D eigenvalue weighted by atomic mass is 16.3. The minimum absolute atomic E-state index is 0.263. The molecule has 4 nitrogen and oxygen atoms in total. The SMILES string of the molecule is CC(C)Nn1ncc2c(O)cccc21. The molecule has 0 spiro atoms. The Kier molecular flexibility index (Phi) is 2.04. The van der Waals surface area contributed by atoms with Crippen molar-refractivity contribution in [2.24, 2.45) is 0 Å². The van der Waals surface area contributed by atoms with Crippen LogP contribution in [0, 0.1) is 0 Å². The Balaban J connectivity index is 2.52. The lowest BCUT2D eigenvalue weighted by molar-refractivity contribution is 0.481. The molecule has 1 heterocycles. The zero-order valence-electron chi connectivity index (χ0n) is 8.23. The van der Waals surface area contributed by atoms with E-state index in [0.717, 1.165) is 10.9 Å². The van der Waals surface area contributed by atoms with Gasteiger partial charge in [0, 0.05) is 6.04 Å². The molecule has 0 radical (unpaired) electrons. The maximum absolute atomic E-state index is 9.54. The van der Waals surface area contributed by atoms with Crippen molar-refractivity contribution in [1.29, 1.82) is 0 Å². The highest BCUT2D eigenvalue weighted by molar-refractivity contribution is 5.84. The molecule has 14 heavy (non-hydrogen) atoms. The van der Waals surface area contributed by atoms with Gasteiger partial charge in [-0.1, -0.05) is 6.07 Å². The molecule has 0 bridgehead atoms. The van der Waals surface area contributed by atoms with Gasteiger partial charge in [-0.05, 0) is 26.0 Å². The minimum Gasteiger partial charge on any atom is -0.507 e. The Morgan fingerprint density at radius 2 is 2.21 bits per heavy atom. The number of aromatic nitrogens is 2. The molecule has 0 amide bonds. The van der Waals surface area contributed by atoms with Gasteiger partial charge in [-0.15, -0.1) is 0 Å². The summed E-state index contributed by atoms with van der Waals surface area (Å²) < 4.78 is 0. The van der Waals surface area contributed by atoms with Crippen LogP contribution in [0.25, 0.3) is 10.9 Å². The number of rotatable bonds is 2. The Hall–Kier alpha value is -1.71. The van der Waals surface area contributed by atoms with Gasteiger partial charge >= 0.3 is 0 Å². The maximum atomic E-state index is 9.54. The molecule has 74 valence electrons. The second-order valence-electron chi connectivity index (χ2n) is 3.55. The molecule has 2 rings (SSSR count). The fraction of sp³-hybridized carbons (Fsp3) is 0.300. The van der Waals surface area contributed by atoms with Crippen molar-refractivity contribution in [2.45, 2.75) is 19.9 Å². The third kappa shape index (κ3) is 1.39. The number of phenolic OH excluding ortho intramolecular Hbond substituents is 1. The van der Waals surface area contributed by atoms with E-state index in [4.69, 9.17) is 0 Å². The van der Waals surface area contributed by atoms with Crippen LogP contribution in [0.4, 0.5) is 0 Å². The first-order valence-corrected chi connectivity index (χ1v) is 4.61. The fourth-order valence-electron chi connectivity index (χ4n) is 1.38. The van der Waals surface area contributed by atoms with Crippen LogP contribution >= 0.6 is 0 Å². The van der Waals surface area contributed by atoms with Crippen LogP contribution in [0.5, 0.6) is 5.75 Å². The van der Waals surface area contributed by atoms with Crippen LogP contribution in [0.15, 0.2) is 24.4 Å². The van der Waals surface area contributed by atoms with Gasteiger partial charge in [-0.3, -0.25) is 0 Å². The van der Waals surface area contributed by atoms with Crippen molar-refractivity contribution >= 4 is 10.9 Å². The van der Waals surface area contributed by atoms with Gasteiger partial charge in [0.25, 0.3) is 0 Å². The monoisotopic (exact) mass is 191 g/mol. The summed E-state index contributed by atoms with van der Waals surface area (Å²) in [4.78, 5) is 1.68. The van der Waals surface area contributed by atoms with E-state index in [1.165, 1.54) is 0 Å². The molecular weight excluding hydrogens is 178 g/mol. The van der Waals surface area contributed by atoms with Gasteiger partial charge in [0.1, 0.15) is 5.75 Å². The number of nitrogens with one attached hydrogen (secondary N) is 1. The second kappa shape index (κ2) is 3.21. The Morgan fingerprint density at radius 1 is 1.43 bits per heavy atom. The van der Waals surface area contributed by atoms with E-state index in [2.05, 4.69) is 10.5 Å². The normalized spacial score (nSPS) is 11.1. The van der Waals surface area contributed by atoms with E-state index in [-0.39, 0.29) is 5.75 Å². The number of aromatic hydroxyl groups is 1. The lowest BCUT2D eigenvalue weighted by Gasteiger charge is -2.10. The molecule has 0 aliphatic rings. The molecule has 1 aromatic carbocycles. The first kappa shape index (κ1) is 8.87. The summed E-state index contributed by atoms with van der Waals surface area (Å²) in [6, 6.07) is 5.68. The number of hydrogen-bond acceptors (Lipinski definition) is 3. The average Bonchev–Trinajstić information content (AvgIpc) is 2.49. The standard InChI is InChI=1S/C10H13N3O/c1-7(2)12-13-9-4-3-5-10(14)8(9)6-11-13/h3-7,12,14H,1-2H3. The van der Waals surface area contributed by atoms with Gasteiger partial charge in [-0.25, -0.2) is 0 Å². The van der Waals surface area contributed by atoms with Crippen molar-refractivity contribution in [3.05, 3.63) is 24.4 Å². The first-order valence-electron chi connectivity index (χ1n) is 4.61. The number of phenols is 1. The Bertz CT molecular complexity index is 448. The van der Waals surface area contributed by atoms with Gasteiger partial charge in [0.15, 0.2) is 0 Å². The van der Waals surface area contributed by atoms with Crippen molar-refractivity contribution in [3.8, 4) is 5.75 Å². The van der Waals surface area contributed by atoms with Crippen LogP contribution in [0.2, 0.25) is 0 Å². The van der Waals surface area contributed by atoms with Crippen molar-refractivity contribution < 1.29 is 5.11 Å². The van der Waals surface area contributed by atoms with Gasteiger partial charge < -0.3 is 10.5 Å². The molecule has 0 aliphatic heterocycles. The lowest BCUT2D eigenvalue weighted by atomic mass is 10.2. The highest BCUT2D eigenvalue weighted by Crippen LogP contribution is 2.22. The van der Waals surface area contributed by atoms with E-state index < -0.39 is 0 Å². The predicted molar refractivity (Wildman–Crippen MR) is 55.9 cm³/mol. The summed E-state index contributed by atoms with van der Waals surface area (Å²) in [5.74, 6) is 0.263. The average molecular weight is 191 g/mol. The number of fused-ring (bicyclic) bond motifs is 1. The molecule has 0 aliphatic carbocycles. The molecule has 2 aromatic rings. The topological polar surface area (TPSA) is 50.1 Å². The molecule has 0 saturated carbocycles. The maximum Gasteiger partial charge on any atom is 0.126 e. The Labute approximate surface area is 82.1 Å². The first-order chi connectivity index (χ1) is 6.68. The zero-order valence-corrected chi connectivity index (χ0v) is 8.23. The van der Waals surface area contributed by atoms with Crippen molar-refractivity contribution in [2.75, 3.05) is 5.43 Å². The minimum atomic E-state index is 0.263. The summed E-state index contributed by atoms with van der Waals surface area (Å²) >= 11 is 0. The molecule has 4 heteroatoms. The zero-order chi connectivity index (χ0) is 10.1. The lowest BCUT2D eigenvalue weighted by Crippen LogP contribution is -2.22. The summed E-state index contributed by atoms with van der Waals surface area (Å²) in [6.07, 6.45) is 1.65. The van der Waals surface area contributed by atoms with Crippen LogP contribution in [-0.2, 0) is 0 Å². The molecule has 1 aromatic heterocycles. The van der Waals surface area contributed by atoms with Crippen molar-refractivity contribution in [3.63, 3.8) is 0 Å². The summed E-state index contributed by atoms with van der Waals surface area (Å²) in [7, 11) is 0. The second-order valence-corrected chi connectivity index (χ2v) is 3.55. The summed E-state index contributed by atoms with van der Waals surface area (Å²) in [6.45, 7) is 4.08. The molecule has 0 unspecified atom stereocenters. The van der Waals surface area contributed by atoms with E-state index >= 15 is 0 Å². The van der Waals surface area contributed by atoms with E-state index in [1.807, 2.05) is 19.9 Å². The predicted octanol–water partition coefficient (Wildman–Crippen LogP) is 1.69. The molecular formula is C10H13N3O. The van der Waals surface area contributed by atoms with Crippen LogP contribution in [0.1, 0.15) is 13.8 Å². The van der Waals surface area contributed by atoms with Crippen molar-refractivity contribution in [1.82, 2.24) is 9.89 Å². The highest BCUT2D eigenvalue weighted by Gasteiger charge is 2.05. The third-order valence-electron chi connectivity index (χ3n) is 1.97. The Morgan fingerprint density at radius 3 is 2.93 bits per heavy atom. The number of nitrogens with zero attached hydrogens (tertiary/aromatic N) is 2. The van der Waals surface area contributed by atoms with Crippen LogP contribution < -0.4 is 5.43 Å².